The van der Waals surface area contributed by atoms with E-state index in [9.17, 15) is 0 Å². The number of nitrogens with one attached hydrogen (secondary N) is 1. The van der Waals surface area contributed by atoms with E-state index >= 15 is 0 Å². The van der Waals surface area contributed by atoms with Gasteiger partial charge in [-0.2, -0.15) is 5.10 Å². The summed E-state index contributed by atoms with van der Waals surface area (Å²) in [5.41, 5.74) is 2.41. The van der Waals surface area contributed by atoms with Crippen molar-refractivity contribution in [2.45, 2.75) is 32.9 Å². The van der Waals surface area contributed by atoms with Crippen LogP contribution in [0.1, 0.15) is 36.0 Å². The molecule has 0 aliphatic rings. The molecule has 2 aromatic heterocycles. The topological polar surface area (TPSA) is 29.9 Å². The van der Waals surface area contributed by atoms with Gasteiger partial charge in [0.15, 0.2) is 0 Å². The molecule has 0 unspecified atom stereocenters. The summed E-state index contributed by atoms with van der Waals surface area (Å²) in [5.74, 6) is 0.493. The second kappa shape index (κ2) is 5.47. The first-order valence-electron chi connectivity index (χ1n) is 5.92. The number of thiophene rings is 1. The molecule has 0 amide bonds. The number of hydrogen-bond donors (Lipinski definition) is 1. The van der Waals surface area contributed by atoms with Crippen LogP contribution < -0.4 is 5.32 Å². The van der Waals surface area contributed by atoms with Crippen LogP contribution in [0.5, 0.6) is 0 Å². The van der Waals surface area contributed by atoms with Crippen molar-refractivity contribution in [3.8, 4) is 0 Å². The van der Waals surface area contributed by atoms with Gasteiger partial charge in [0, 0.05) is 25.0 Å². The predicted octanol–water partition coefficient (Wildman–Crippen LogP) is 2.89. The van der Waals surface area contributed by atoms with E-state index in [1.54, 1.807) is 11.3 Å². The molecule has 0 aliphatic carbocycles. The lowest BCUT2D eigenvalue weighted by molar-refractivity contribution is 0.623. The summed E-state index contributed by atoms with van der Waals surface area (Å²) in [5, 5.41) is 10.1. The Bertz CT molecular complexity index is 457. The molecule has 0 atom stereocenters. The minimum absolute atomic E-state index is 0.493. The SMILES string of the molecule is CC(C)c1cc(CNCc2cccs2)n(C)n1. The van der Waals surface area contributed by atoms with Crippen LogP contribution in [0, 0.1) is 0 Å². The van der Waals surface area contributed by atoms with Crippen molar-refractivity contribution >= 4 is 11.3 Å². The van der Waals surface area contributed by atoms with Gasteiger partial charge in [0.05, 0.1) is 11.4 Å². The fourth-order valence-electron chi connectivity index (χ4n) is 1.70. The van der Waals surface area contributed by atoms with Crippen LogP contribution in [-0.4, -0.2) is 9.78 Å². The van der Waals surface area contributed by atoms with Crippen LogP contribution in [0.25, 0.3) is 0 Å². The van der Waals surface area contributed by atoms with Crippen LogP contribution in [0.2, 0.25) is 0 Å². The van der Waals surface area contributed by atoms with Crippen LogP contribution in [0.3, 0.4) is 0 Å². The van der Waals surface area contributed by atoms with Crippen molar-refractivity contribution in [3.63, 3.8) is 0 Å². The molecule has 0 aliphatic heterocycles. The second-order valence-electron chi connectivity index (χ2n) is 4.52. The van der Waals surface area contributed by atoms with Gasteiger partial charge in [-0.25, -0.2) is 0 Å². The minimum atomic E-state index is 0.493. The van der Waals surface area contributed by atoms with Crippen molar-refractivity contribution in [1.29, 1.82) is 0 Å². The zero-order valence-corrected chi connectivity index (χ0v) is 11.4. The third-order valence-electron chi connectivity index (χ3n) is 2.77. The first-order valence-corrected chi connectivity index (χ1v) is 6.80. The highest BCUT2D eigenvalue weighted by molar-refractivity contribution is 7.09. The van der Waals surface area contributed by atoms with E-state index in [1.807, 2.05) is 11.7 Å². The lowest BCUT2D eigenvalue weighted by atomic mass is 10.1. The highest BCUT2D eigenvalue weighted by Gasteiger charge is 2.07. The van der Waals surface area contributed by atoms with Crippen LogP contribution >= 0.6 is 11.3 Å². The van der Waals surface area contributed by atoms with E-state index in [4.69, 9.17) is 0 Å². The Morgan fingerprint density at radius 2 is 2.24 bits per heavy atom. The van der Waals surface area contributed by atoms with Gasteiger partial charge in [-0.3, -0.25) is 4.68 Å². The van der Waals surface area contributed by atoms with Crippen molar-refractivity contribution in [2.24, 2.45) is 7.05 Å². The molecule has 1 N–H and O–H groups in total. The zero-order chi connectivity index (χ0) is 12.3. The molecule has 4 heteroatoms. The summed E-state index contributed by atoms with van der Waals surface area (Å²) in [7, 11) is 2.01. The molecular formula is C13H19N3S. The standard InChI is InChI=1S/C13H19N3S/c1-10(2)13-7-11(16(3)15-13)8-14-9-12-5-4-6-17-12/h4-7,10,14H,8-9H2,1-3H3. The Morgan fingerprint density at radius 1 is 1.41 bits per heavy atom. The quantitative estimate of drug-likeness (QED) is 0.883. The number of rotatable bonds is 5. The molecule has 3 nitrogen and oxygen atoms in total. The predicted molar refractivity (Wildman–Crippen MR) is 72.2 cm³/mol. The molecule has 2 heterocycles. The second-order valence-corrected chi connectivity index (χ2v) is 5.55. The molecule has 0 saturated carbocycles. The molecule has 0 fully saturated rings. The Kier molecular flexibility index (Phi) is 3.97. The van der Waals surface area contributed by atoms with E-state index in [0.29, 0.717) is 5.92 Å². The van der Waals surface area contributed by atoms with Gasteiger partial charge in [0.2, 0.25) is 0 Å². The van der Waals surface area contributed by atoms with E-state index in [-0.39, 0.29) is 0 Å². The molecule has 0 spiro atoms. The lowest BCUT2D eigenvalue weighted by Gasteiger charge is -2.03. The largest absolute Gasteiger partial charge is 0.306 e. The molecule has 17 heavy (non-hydrogen) atoms. The monoisotopic (exact) mass is 249 g/mol. The van der Waals surface area contributed by atoms with Crippen LogP contribution in [0.15, 0.2) is 23.6 Å². The Balaban J connectivity index is 1.90. The molecule has 0 radical (unpaired) electrons. The summed E-state index contributed by atoms with van der Waals surface area (Å²) in [6.07, 6.45) is 0. The molecule has 2 aromatic rings. The van der Waals surface area contributed by atoms with Crippen LogP contribution in [-0.2, 0) is 20.1 Å². The summed E-state index contributed by atoms with van der Waals surface area (Å²) in [6, 6.07) is 6.43. The molecule has 2 rings (SSSR count). The highest BCUT2D eigenvalue weighted by atomic mass is 32.1. The Morgan fingerprint density at radius 3 is 2.82 bits per heavy atom. The van der Waals surface area contributed by atoms with Gasteiger partial charge in [0.1, 0.15) is 0 Å². The molecular weight excluding hydrogens is 230 g/mol. The smallest absolute Gasteiger partial charge is 0.0653 e. The number of aryl methyl sites for hydroxylation is 1. The van der Waals surface area contributed by atoms with Crippen molar-refractivity contribution < 1.29 is 0 Å². The average Bonchev–Trinajstić information content (AvgIpc) is 2.89. The first kappa shape index (κ1) is 12.3. The van der Waals surface area contributed by atoms with E-state index < -0.39 is 0 Å². The first-order chi connectivity index (χ1) is 8.16. The third-order valence-corrected chi connectivity index (χ3v) is 3.65. The van der Waals surface area contributed by atoms with E-state index in [2.05, 4.69) is 47.8 Å². The molecule has 92 valence electrons. The fraction of sp³-hybridized carbons (Fsp3) is 0.462. The van der Waals surface area contributed by atoms with Gasteiger partial charge in [-0.15, -0.1) is 11.3 Å². The highest BCUT2D eigenvalue weighted by Crippen LogP contribution is 2.14. The number of aromatic nitrogens is 2. The third kappa shape index (κ3) is 3.17. The lowest BCUT2D eigenvalue weighted by Crippen LogP contribution is -2.14. The zero-order valence-electron chi connectivity index (χ0n) is 10.6. The Hall–Kier alpha value is -1.13. The van der Waals surface area contributed by atoms with Crippen molar-refractivity contribution in [1.82, 2.24) is 15.1 Å². The van der Waals surface area contributed by atoms with Crippen molar-refractivity contribution in [2.75, 3.05) is 0 Å². The summed E-state index contributed by atoms with van der Waals surface area (Å²) >= 11 is 1.79. The maximum Gasteiger partial charge on any atom is 0.0653 e. The molecule has 0 bridgehead atoms. The average molecular weight is 249 g/mol. The number of nitrogens with zero attached hydrogens (tertiary/aromatic N) is 2. The van der Waals surface area contributed by atoms with Crippen molar-refractivity contribution in [3.05, 3.63) is 39.8 Å². The summed E-state index contributed by atoms with van der Waals surface area (Å²) in [4.78, 5) is 1.37. The summed E-state index contributed by atoms with van der Waals surface area (Å²) in [6.45, 7) is 6.14. The Labute approximate surface area is 106 Å². The van der Waals surface area contributed by atoms with Gasteiger partial charge in [-0.1, -0.05) is 19.9 Å². The van der Waals surface area contributed by atoms with Gasteiger partial charge < -0.3 is 5.32 Å². The maximum atomic E-state index is 4.51. The van der Waals surface area contributed by atoms with Crippen LogP contribution in [0.4, 0.5) is 0 Å². The van der Waals surface area contributed by atoms with Gasteiger partial charge in [-0.05, 0) is 23.4 Å². The van der Waals surface area contributed by atoms with E-state index in [0.717, 1.165) is 13.1 Å². The molecule has 0 saturated heterocycles. The summed E-state index contributed by atoms with van der Waals surface area (Å²) < 4.78 is 1.97. The van der Waals surface area contributed by atoms with Gasteiger partial charge in [0.25, 0.3) is 0 Å². The minimum Gasteiger partial charge on any atom is -0.306 e. The number of hydrogen-bond acceptors (Lipinski definition) is 3. The maximum absolute atomic E-state index is 4.51. The van der Waals surface area contributed by atoms with E-state index in [1.165, 1.54) is 16.3 Å². The normalized spacial score (nSPS) is 11.3. The van der Waals surface area contributed by atoms with Gasteiger partial charge >= 0.3 is 0 Å². The molecule has 0 aromatic carbocycles. The fourth-order valence-corrected chi connectivity index (χ4v) is 2.38.